The predicted molar refractivity (Wildman–Crippen MR) is 607 cm³/mol. The Morgan fingerprint density at radius 3 is 1.04 bits per heavy atom. The van der Waals surface area contributed by atoms with Crippen LogP contribution in [0.2, 0.25) is 0 Å². The average molecular weight is 1910 g/mol. The number of aliphatic hydroxyl groups excluding tert-OH is 2. The number of allylic oxidation sites excluding steroid dienone is 2. The molecule has 6 heteroatoms. The van der Waals surface area contributed by atoms with Gasteiger partial charge in [-0.05, 0) is 469 Å². The Labute approximate surface area is 854 Å². The minimum absolute atomic E-state index is 0. The molecular formula is C128H258ClNO4. The number of esters is 1. The Kier molecular flexibility index (Phi) is 60.3. The second-order valence-corrected chi connectivity index (χ2v) is 49.7. The first kappa shape index (κ1) is 141. The molecule has 2 N–H and O–H groups in total. The van der Waals surface area contributed by atoms with Gasteiger partial charge in [-0.2, -0.15) is 5.26 Å². The van der Waals surface area contributed by atoms with Gasteiger partial charge in [-0.3, -0.25) is 4.79 Å². The van der Waals surface area contributed by atoms with E-state index in [1.165, 1.54) is 113 Å². The zero-order valence-corrected chi connectivity index (χ0v) is 78.0. The van der Waals surface area contributed by atoms with Gasteiger partial charge in [0, 0.05) is 24.8 Å². The van der Waals surface area contributed by atoms with Gasteiger partial charge in [0.2, 0.25) is 0 Å². The van der Waals surface area contributed by atoms with E-state index in [-0.39, 0.29) is 167 Å². The number of hydrogen-bond acceptors (Lipinski definition) is 5. The van der Waals surface area contributed by atoms with Crippen molar-refractivity contribution in [3.05, 3.63) is 12.2 Å². The van der Waals surface area contributed by atoms with E-state index in [9.17, 15) is 9.90 Å². The number of aliphatic hydroxyl groups is 2. The normalized spacial score (nSPS) is 50.3. The van der Waals surface area contributed by atoms with E-state index < -0.39 is 0 Å². The van der Waals surface area contributed by atoms with Crippen molar-refractivity contribution in [1.82, 2.24) is 0 Å². The lowest BCUT2D eigenvalue weighted by molar-refractivity contribution is -0.150. The third-order valence-corrected chi connectivity index (χ3v) is 47.0. The molecule has 55 unspecified atom stereocenters. The predicted octanol–water partition coefficient (Wildman–Crippen LogP) is 39.9. The number of halogens is 1. The fourth-order valence-electron chi connectivity index (χ4n) is 38.0. The number of ether oxygens (including phenoxy) is 1. The van der Waals surface area contributed by atoms with Crippen molar-refractivity contribution >= 4 is 17.6 Å². The van der Waals surface area contributed by atoms with E-state index in [1.54, 1.807) is 89.9 Å². The quantitative estimate of drug-likeness (QED) is 0.124. The minimum Gasteiger partial charge on any atom is -0.462 e. The monoisotopic (exact) mass is 1910 g/mol. The van der Waals surface area contributed by atoms with E-state index in [2.05, 4.69) is 157 Å². The summed E-state index contributed by atoms with van der Waals surface area (Å²) in [5, 5.41) is 28.0. The summed E-state index contributed by atoms with van der Waals surface area (Å²) in [6.45, 7) is 50.2. The summed E-state index contributed by atoms with van der Waals surface area (Å²) in [6.07, 6.45) is 44.5. The largest absolute Gasteiger partial charge is 0.462 e. The molecule has 0 aromatic heterocycles. The van der Waals surface area contributed by atoms with Crippen molar-refractivity contribution < 1.29 is 19.7 Å². The van der Waals surface area contributed by atoms with Crippen molar-refractivity contribution in [2.24, 2.45) is 308 Å². The van der Waals surface area contributed by atoms with E-state index in [0.29, 0.717) is 35.7 Å². The van der Waals surface area contributed by atoms with Crippen LogP contribution in [0.1, 0.15) is 467 Å². The van der Waals surface area contributed by atoms with Crippen LogP contribution in [0.3, 0.4) is 0 Å². The van der Waals surface area contributed by atoms with Crippen molar-refractivity contribution in [1.29, 1.82) is 5.26 Å². The molecule has 0 amide bonds. The standard InChI is InChI=1S/C14H22.2C12H20.C12H18.C11H18O2.C10H15N.C10H18O.C9H15Cl.C9H16O.C9H16.20CH4/c1-7-8(2)12-6-11(7)13-9-3-4-10(5-9)14(12)13;1-7-5-11-9-3-4-10(6-9)12(11)8(7)2;2*1-7-8(2)12-6-11(7)9-4-3-5-10(9)12;1-6-7(2)10-4-9(6)5-11(10)13-8(3)12;2*1-6-7(2)10-4-8(6)3-9(10)5-11;2*1-5-6(2)8-3-7(5)4-9(8)10;1-6-7(2)9-4-3-8(6)5-9;;;;;;;;;;;;;;;;;;;;/h7-14H,3-6H2,1-2H3;2*7-12H,3-6H2,1-2H3;3-4,7-12H,5-6H2,1-2H3;6-7,9-11H,4-5H2,1-3H3;6-10H,3-4H2,1-2H3;6-11H,3-5H2,1-2H3;5-9H,3-4H2,1-2H3;5-10H,3-4H2,1-2H3;6-9H,3-5H2,1-2H3;20*1H4. The summed E-state index contributed by atoms with van der Waals surface area (Å²) in [6, 6.07) is 2.45. The Balaban J connectivity index is -0.000000453. The molecular weight excluding hydrogens is 1650 g/mol. The lowest BCUT2D eigenvalue weighted by Crippen LogP contribution is -2.35. The topological polar surface area (TPSA) is 90.6 Å². The van der Waals surface area contributed by atoms with Crippen LogP contribution in [-0.2, 0) is 9.53 Å². The lowest BCUT2D eigenvalue weighted by atomic mass is 9.64. The van der Waals surface area contributed by atoms with Crippen LogP contribution in [0, 0.1) is 319 Å². The van der Waals surface area contributed by atoms with Crippen LogP contribution in [0.5, 0.6) is 0 Å². The molecule has 0 aromatic rings. The van der Waals surface area contributed by atoms with E-state index in [4.69, 9.17) is 26.7 Å². The number of nitriles is 1. The molecule has 25 rings (SSSR count). The third-order valence-electron chi connectivity index (χ3n) is 46.5. The van der Waals surface area contributed by atoms with Crippen LogP contribution in [0.25, 0.3) is 0 Å². The molecule has 0 saturated heterocycles. The number of hydrogen-bond donors (Lipinski definition) is 2. The minimum atomic E-state index is -0.114. The van der Waals surface area contributed by atoms with Gasteiger partial charge in [0.15, 0.2) is 0 Å². The van der Waals surface area contributed by atoms with Crippen LogP contribution < -0.4 is 0 Å². The van der Waals surface area contributed by atoms with Gasteiger partial charge in [-0.25, -0.2) is 0 Å². The maximum Gasteiger partial charge on any atom is 0.302 e. The van der Waals surface area contributed by atoms with Gasteiger partial charge >= 0.3 is 5.97 Å². The number of fused-ring (bicyclic) bond motifs is 36. The maximum atomic E-state index is 10.8. The van der Waals surface area contributed by atoms with Gasteiger partial charge in [-0.1, -0.05) is 306 Å². The Hall–Kier alpha value is -1.09. The summed E-state index contributed by atoms with van der Waals surface area (Å²) < 4.78 is 5.32. The maximum absolute atomic E-state index is 10.8. The fraction of sp³-hybridized carbons (Fsp3) is 0.969. The van der Waals surface area contributed by atoms with Gasteiger partial charge in [0.25, 0.3) is 0 Å². The molecule has 806 valence electrons. The second-order valence-electron chi connectivity index (χ2n) is 49.2. The number of rotatable bonds is 2. The van der Waals surface area contributed by atoms with Gasteiger partial charge in [0.05, 0.1) is 12.2 Å². The summed E-state index contributed by atoms with van der Waals surface area (Å²) >= 11 is 6.17. The van der Waals surface area contributed by atoms with Crippen molar-refractivity contribution in [3.63, 3.8) is 0 Å². The van der Waals surface area contributed by atoms with Crippen LogP contribution in [-0.4, -0.2) is 40.4 Å². The molecule has 5 nitrogen and oxygen atoms in total. The van der Waals surface area contributed by atoms with Crippen molar-refractivity contribution in [3.8, 4) is 6.07 Å². The van der Waals surface area contributed by atoms with E-state index in [0.717, 1.165) is 261 Å². The van der Waals surface area contributed by atoms with Gasteiger partial charge in [0.1, 0.15) is 6.10 Å². The number of alkyl halides is 1. The molecule has 25 aliphatic rings. The highest BCUT2D eigenvalue weighted by Gasteiger charge is 2.65. The second kappa shape index (κ2) is 57.1. The zero-order valence-electron chi connectivity index (χ0n) is 77.2. The Morgan fingerprint density at radius 2 is 0.649 bits per heavy atom. The molecule has 0 aromatic carbocycles. The molecule has 0 spiro atoms. The molecule has 24 fully saturated rings. The van der Waals surface area contributed by atoms with Crippen LogP contribution in [0.15, 0.2) is 12.2 Å². The first-order valence-electron chi connectivity index (χ1n) is 51.5. The number of carbonyl (C=O) groups excluding carboxylic acids is 1. The fourth-order valence-corrected chi connectivity index (χ4v) is 38.6. The van der Waals surface area contributed by atoms with E-state index in [1.807, 2.05) is 0 Å². The Morgan fingerprint density at radius 1 is 0.306 bits per heavy atom. The molecule has 22 bridgehead atoms. The number of carbonyl (C=O) groups is 1. The highest BCUT2D eigenvalue weighted by Crippen LogP contribution is 2.71. The summed E-state index contributed by atoms with van der Waals surface area (Å²) in [4.78, 5) is 10.8. The first-order chi connectivity index (χ1) is 54.4. The number of nitrogens with zero attached hydrogens (tertiary/aromatic N) is 1. The van der Waals surface area contributed by atoms with Crippen LogP contribution in [0.4, 0.5) is 0 Å². The highest BCUT2D eigenvalue weighted by molar-refractivity contribution is 6.21. The van der Waals surface area contributed by atoms with Crippen molar-refractivity contribution in [2.45, 2.75) is 485 Å². The first-order valence-corrected chi connectivity index (χ1v) is 52.0. The Bertz CT molecular complexity index is 3160. The SMILES string of the molecule is C.C.C.C.C.C.C.C.C.C.C.C.C.C.C.C.C.C.C.C.CC(=O)OC1CC2CC1C(C)C2C.CC1C(C)C2CC1C1C3CCC(C3)C21.CC1C(C)C2CC1C1C=CCC12.CC1C(C)C2CC1C1CCCC21.CC1C2CC(C#N)C(C2)C1C.CC1C2CC(CO)C(C2)C1C.CC1C2CC(Cl)C(C2)C1C.CC1C2CC(O)C(C2)C1C.CC1C2CCC(C2)C1C.CC1CC2C3CCC(C3)C2C1C. The third kappa shape index (κ3) is 25.6. The molecule has 55 atom stereocenters. The van der Waals surface area contributed by atoms with Crippen LogP contribution >= 0.6 is 11.6 Å². The molecule has 0 heterocycles. The average Bonchev–Trinajstić information content (AvgIpc) is 1.54. The summed E-state index contributed by atoms with van der Waals surface area (Å²) in [5.41, 5.74) is 0. The summed E-state index contributed by atoms with van der Waals surface area (Å²) in [5.74, 6) is 50.6. The molecule has 24 saturated carbocycles. The van der Waals surface area contributed by atoms with Gasteiger partial charge in [-0.15, -0.1) is 11.6 Å². The molecule has 0 radical (unpaired) electrons. The summed E-state index contributed by atoms with van der Waals surface area (Å²) in [7, 11) is 0. The molecule has 25 aliphatic carbocycles. The van der Waals surface area contributed by atoms with Crippen molar-refractivity contribution in [2.75, 3.05) is 6.61 Å². The molecule has 134 heavy (non-hydrogen) atoms. The zero-order chi connectivity index (χ0) is 81.0. The lowest BCUT2D eigenvalue weighted by Gasteiger charge is -2.41. The smallest absolute Gasteiger partial charge is 0.302 e. The van der Waals surface area contributed by atoms with Gasteiger partial charge < -0.3 is 14.9 Å². The van der Waals surface area contributed by atoms with E-state index >= 15 is 0 Å². The highest BCUT2D eigenvalue weighted by atomic mass is 35.5. The molecule has 0 aliphatic heterocycles.